The van der Waals surface area contributed by atoms with Crippen molar-refractivity contribution in [3.63, 3.8) is 0 Å². The van der Waals surface area contributed by atoms with E-state index in [1.54, 1.807) is 7.11 Å². The van der Waals surface area contributed by atoms with Crippen LogP contribution in [0.3, 0.4) is 0 Å². The molecule has 11 heteroatoms. The van der Waals surface area contributed by atoms with Crippen molar-refractivity contribution in [1.29, 1.82) is 0 Å². The topological polar surface area (TPSA) is 129 Å². The average molecular weight is 569 g/mol. The minimum Gasteiger partial charge on any atom is -0.497 e. The summed E-state index contributed by atoms with van der Waals surface area (Å²) in [4.78, 5) is 50.8. The maximum Gasteiger partial charge on any atom is 0.408 e. The highest BCUT2D eigenvalue weighted by Crippen LogP contribution is 2.39. The van der Waals surface area contributed by atoms with Gasteiger partial charge in [0, 0.05) is 12.5 Å². The fourth-order valence-electron chi connectivity index (χ4n) is 5.73. The lowest BCUT2D eigenvalue weighted by molar-refractivity contribution is -0.152. The predicted molar refractivity (Wildman–Crippen MR) is 150 cm³/mol. The molecule has 1 N–H and O–H groups in total. The second-order valence-electron chi connectivity index (χ2n) is 12.3. The largest absolute Gasteiger partial charge is 0.497 e. The first-order valence-corrected chi connectivity index (χ1v) is 14.4. The Morgan fingerprint density at radius 1 is 1.05 bits per heavy atom. The summed E-state index contributed by atoms with van der Waals surface area (Å²) in [7, 11) is 2.89. The maximum absolute atomic E-state index is 14.0. The number of methoxy groups -OCH3 is 2. The van der Waals surface area contributed by atoms with Crippen molar-refractivity contribution >= 4 is 29.0 Å². The first kappa shape index (κ1) is 28.9. The minimum atomic E-state index is -0.916. The van der Waals surface area contributed by atoms with E-state index in [2.05, 4.69) is 5.32 Å². The molecule has 41 heavy (non-hydrogen) atoms. The second kappa shape index (κ2) is 11.7. The van der Waals surface area contributed by atoms with Crippen LogP contribution in [0.5, 0.6) is 11.6 Å². The van der Waals surface area contributed by atoms with E-state index in [4.69, 9.17) is 28.9 Å². The number of hydrogen-bond donors (Lipinski definition) is 1. The van der Waals surface area contributed by atoms with Crippen LogP contribution < -0.4 is 14.8 Å². The standard InChI is InChI=1S/C30H40N4O7/c1-30(2,3)25-27(35)34-16-19(15-23(34)28(36)39-5)40-26-21(31-20-12-11-18(38-4)14-22(20)32-26)10-8-6-7-9-17-13-24(17)41-29(37)33-25/h11-12,14,17,19,23-25H,6-10,13,15-16H2,1-5H3,(H,33,37)/t17?,19-,23+,24-,25-/m1/s1. The lowest BCUT2D eigenvalue weighted by atomic mass is 9.85. The number of rotatable bonds is 2. The van der Waals surface area contributed by atoms with E-state index in [-0.39, 0.29) is 25.0 Å². The zero-order chi connectivity index (χ0) is 29.3. The summed E-state index contributed by atoms with van der Waals surface area (Å²) >= 11 is 0. The molecule has 1 aromatic carbocycles. The Balaban J connectivity index is 1.49. The highest BCUT2D eigenvalue weighted by molar-refractivity contribution is 5.91. The molecule has 2 aliphatic heterocycles. The molecule has 3 heterocycles. The van der Waals surface area contributed by atoms with Gasteiger partial charge >= 0.3 is 12.1 Å². The van der Waals surface area contributed by atoms with Crippen LogP contribution in [0.2, 0.25) is 0 Å². The van der Waals surface area contributed by atoms with Gasteiger partial charge in [0.1, 0.15) is 35.7 Å². The monoisotopic (exact) mass is 568 g/mol. The molecule has 0 radical (unpaired) electrons. The molecule has 3 aliphatic rings. The van der Waals surface area contributed by atoms with E-state index in [1.807, 2.05) is 39.0 Å². The van der Waals surface area contributed by atoms with Gasteiger partial charge < -0.3 is 29.2 Å². The third-order valence-corrected chi connectivity index (χ3v) is 8.18. The second-order valence-corrected chi connectivity index (χ2v) is 12.3. The maximum atomic E-state index is 14.0. The highest BCUT2D eigenvalue weighted by Gasteiger charge is 2.47. The fraction of sp³-hybridized carbons (Fsp3) is 0.633. The molecular formula is C30H40N4O7. The molecule has 1 aliphatic carbocycles. The predicted octanol–water partition coefficient (Wildman–Crippen LogP) is 3.81. The van der Waals surface area contributed by atoms with Crippen LogP contribution in [0, 0.1) is 11.3 Å². The highest BCUT2D eigenvalue weighted by atomic mass is 16.6. The number of amides is 2. The van der Waals surface area contributed by atoms with Gasteiger partial charge in [-0.3, -0.25) is 4.79 Å². The Morgan fingerprint density at radius 3 is 2.59 bits per heavy atom. The Labute approximate surface area is 240 Å². The number of nitrogens with zero attached hydrogens (tertiary/aromatic N) is 3. The molecule has 1 aromatic heterocycles. The Morgan fingerprint density at radius 2 is 1.85 bits per heavy atom. The molecule has 11 nitrogen and oxygen atoms in total. The minimum absolute atomic E-state index is 0.129. The van der Waals surface area contributed by atoms with E-state index in [0.29, 0.717) is 29.5 Å². The van der Waals surface area contributed by atoms with Crippen LogP contribution in [0.25, 0.3) is 11.0 Å². The molecule has 222 valence electrons. The van der Waals surface area contributed by atoms with Gasteiger partial charge in [-0.1, -0.05) is 33.6 Å². The van der Waals surface area contributed by atoms with Gasteiger partial charge in [-0.05, 0) is 49.1 Å². The lowest BCUT2D eigenvalue weighted by Gasteiger charge is -2.34. The normalized spacial score (nSPS) is 27.3. The number of carbonyl (C=O) groups excluding carboxylic acids is 3. The van der Waals surface area contributed by atoms with Gasteiger partial charge in [-0.15, -0.1) is 0 Å². The zero-order valence-electron chi connectivity index (χ0n) is 24.5. The van der Waals surface area contributed by atoms with Gasteiger partial charge in [0.25, 0.3) is 0 Å². The molecule has 5 rings (SSSR count). The number of carbonyl (C=O) groups is 3. The molecule has 5 atom stereocenters. The number of fused-ring (bicyclic) bond motifs is 5. The third kappa shape index (κ3) is 6.49. The number of ether oxygens (including phenoxy) is 4. The molecule has 2 amide bonds. The Kier molecular flexibility index (Phi) is 8.24. The van der Waals surface area contributed by atoms with Crippen LogP contribution in [-0.2, 0) is 25.5 Å². The first-order valence-electron chi connectivity index (χ1n) is 14.4. The number of esters is 1. The van der Waals surface area contributed by atoms with E-state index >= 15 is 0 Å². The smallest absolute Gasteiger partial charge is 0.408 e. The van der Waals surface area contributed by atoms with Gasteiger partial charge in [-0.2, -0.15) is 0 Å². The van der Waals surface area contributed by atoms with Gasteiger partial charge in [-0.25, -0.2) is 19.6 Å². The zero-order valence-corrected chi connectivity index (χ0v) is 24.5. The summed E-state index contributed by atoms with van der Waals surface area (Å²) in [6.45, 7) is 5.72. The van der Waals surface area contributed by atoms with Crippen LogP contribution in [0.1, 0.15) is 65.0 Å². The van der Waals surface area contributed by atoms with Crippen molar-refractivity contribution in [1.82, 2.24) is 20.2 Å². The number of nitrogens with one attached hydrogen (secondary N) is 1. The molecule has 2 bridgehead atoms. The van der Waals surface area contributed by atoms with Crippen LogP contribution >= 0.6 is 0 Å². The van der Waals surface area contributed by atoms with Crippen LogP contribution in [0.4, 0.5) is 4.79 Å². The summed E-state index contributed by atoms with van der Waals surface area (Å²) in [6.07, 6.45) is 4.35. The van der Waals surface area contributed by atoms with Crippen molar-refractivity contribution in [2.75, 3.05) is 20.8 Å². The summed E-state index contributed by atoms with van der Waals surface area (Å²) in [5.41, 5.74) is 1.48. The van der Waals surface area contributed by atoms with E-state index in [9.17, 15) is 14.4 Å². The number of benzene rings is 1. The fourth-order valence-corrected chi connectivity index (χ4v) is 5.73. The lowest BCUT2D eigenvalue weighted by Crippen LogP contribution is -2.57. The molecule has 1 saturated heterocycles. The summed E-state index contributed by atoms with van der Waals surface area (Å²) in [5.74, 6) is 0.458. The van der Waals surface area contributed by atoms with Gasteiger partial charge in [0.05, 0.1) is 31.8 Å². The SMILES string of the molecule is COC(=O)[C@@H]1C[C@@H]2CN1C(=O)[C@H](C(C)(C)C)NC(=O)O[C@@H]1CC1CCCCCc1nc3ccc(OC)cc3nc1O2. The van der Waals surface area contributed by atoms with Crippen molar-refractivity contribution < 1.29 is 33.3 Å². The first-order chi connectivity index (χ1) is 19.6. The third-order valence-electron chi connectivity index (χ3n) is 8.18. The molecule has 2 fully saturated rings. The average Bonchev–Trinajstić information content (AvgIpc) is 3.53. The van der Waals surface area contributed by atoms with Gasteiger partial charge in [0.15, 0.2) is 0 Å². The van der Waals surface area contributed by atoms with Crippen LogP contribution in [0.15, 0.2) is 18.2 Å². The Hall–Kier alpha value is -3.63. The molecule has 1 saturated carbocycles. The van der Waals surface area contributed by atoms with Crippen LogP contribution in [-0.4, -0.2) is 77.9 Å². The summed E-state index contributed by atoms with van der Waals surface area (Å²) in [5, 5.41) is 2.80. The van der Waals surface area contributed by atoms with E-state index < -0.39 is 35.7 Å². The van der Waals surface area contributed by atoms with Crippen molar-refractivity contribution in [2.45, 2.75) is 90.0 Å². The molecule has 1 unspecified atom stereocenters. The molecule has 0 spiro atoms. The molecule has 2 aromatic rings. The van der Waals surface area contributed by atoms with Crippen molar-refractivity contribution in [2.24, 2.45) is 11.3 Å². The van der Waals surface area contributed by atoms with Crippen molar-refractivity contribution in [3.8, 4) is 11.6 Å². The quantitative estimate of drug-likeness (QED) is 0.538. The number of aromatic nitrogens is 2. The van der Waals surface area contributed by atoms with Gasteiger partial charge in [0.2, 0.25) is 11.8 Å². The van der Waals surface area contributed by atoms with Crippen molar-refractivity contribution in [3.05, 3.63) is 23.9 Å². The Bertz CT molecular complexity index is 1310. The number of aryl methyl sites for hydroxylation is 1. The van der Waals surface area contributed by atoms with E-state index in [0.717, 1.165) is 43.3 Å². The summed E-state index contributed by atoms with van der Waals surface area (Å²) < 4.78 is 22.5. The summed E-state index contributed by atoms with van der Waals surface area (Å²) in [6, 6.07) is 3.76. The number of hydrogen-bond acceptors (Lipinski definition) is 9. The molecular weight excluding hydrogens is 528 g/mol. The number of alkyl carbamates (subject to hydrolysis) is 1. The van der Waals surface area contributed by atoms with E-state index in [1.165, 1.54) is 12.0 Å².